The van der Waals surface area contributed by atoms with Gasteiger partial charge < -0.3 is 5.32 Å². The second-order valence-corrected chi connectivity index (χ2v) is 11.0. The van der Waals surface area contributed by atoms with E-state index in [2.05, 4.69) is 11.5 Å². The molecule has 0 unspecified atom stereocenters. The molecule has 2 aromatic heterocycles. The van der Waals surface area contributed by atoms with Crippen LogP contribution in [0.1, 0.15) is 12.8 Å². The third-order valence-corrected chi connectivity index (χ3v) is 8.49. The van der Waals surface area contributed by atoms with Crippen LogP contribution in [0.2, 0.25) is 0 Å². The molecule has 0 saturated carbocycles. The molecule has 1 saturated heterocycles. The highest BCUT2D eigenvalue weighted by molar-refractivity contribution is 7.90. The number of hydrogen-bond acceptors (Lipinski definition) is 4. The zero-order valence-electron chi connectivity index (χ0n) is 19.1. The molecule has 1 N–H and O–H groups in total. The van der Waals surface area contributed by atoms with Crippen LogP contribution in [0, 0.1) is 11.7 Å². The van der Waals surface area contributed by atoms with Crippen LogP contribution in [0.25, 0.3) is 32.9 Å². The Kier molecular flexibility index (Phi) is 5.42. The fraction of sp³-hybridized carbons (Fsp3) is 0.222. The molecule has 0 spiro atoms. The van der Waals surface area contributed by atoms with Crippen LogP contribution in [0.5, 0.6) is 0 Å². The number of aromatic nitrogens is 3. The summed E-state index contributed by atoms with van der Waals surface area (Å²) in [5.41, 5.74) is 2.71. The van der Waals surface area contributed by atoms with Gasteiger partial charge in [0.15, 0.2) is 0 Å². The van der Waals surface area contributed by atoms with Gasteiger partial charge in [0.1, 0.15) is 5.82 Å². The predicted octanol–water partition coefficient (Wildman–Crippen LogP) is 5.03. The van der Waals surface area contributed by atoms with Crippen molar-refractivity contribution in [3.05, 3.63) is 84.9 Å². The summed E-state index contributed by atoms with van der Waals surface area (Å²) in [6, 6.07) is 18.4. The maximum atomic E-state index is 14.2. The minimum atomic E-state index is -3.90. The Hall–Kier alpha value is -3.49. The molecule has 178 valence electrons. The summed E-state index contributed by atoms with van der Waals surface area (Å²) < 4.78 is 44.2. The zero-order chi connectivity index (χ0) is 24.0. The molecule has 35 heavy (non-hydrogen) atoms. The zero-order valence-corrected chi connectivity index (χ0v) is 19.9. The van der Waals surface area contributed by atoms with Gasteiger partial charge in [-0.15, -0.1) is 0 Å². The summed E-state index contributed by atoms with van der Waals surface area (Å²) in [4.78, 5) is 0.153. The smallest absolute Gasteiger partial charge is 0.268 e. The molecule has 1 aliphatic heterocycles. The molecule has 0 amide bonds. The van der Waals surface area contributed by atoms with E-state index in [0.717, 1.165) is 48.9 Å². The van der Waals surface area contributed by atoms with E-state index < -0.39 is 15.8 Å². The highest BCUT2D eigenvalue weighted by Gasteiger charge is 2.22. The third kappa shape index (κ3) is 4.02. The first kappa shape index (κ1) is 22.0. The number of fused-ring (bicyclic) bond motifs is 2. The predicted molar refractivity (Wildman–Crippen MR) is 135 cm³/mol. The fourth-order valence-electron chi connectivity index (χ4n) is 4.96. The summed E-state index contributed by atoms with van der Waals surface area (Å²) in [7, 11) is -3.90. The van der Waals surface area contributed by atoms with E-state index in [1.165, 1.54) is 16.1 Å². The molecule has 3 heterocycles. The molecule has 6 nitrogen and oxygen atoms in total. The fourth-order valence-corrected chi connectivity index (χ4v) is 6.35. The summed E-state index contributed by atoms with van der Waals surface area (Å²) in [6.07, 6.45) is 5.94. The van der Waals surface area contributed by atoms with Crippen molar-refractivity contribution in [2.24, 2.45) is 5.92 Å². The van der Waals surface area contributed by atoms with Crippen LogP contribution in [0.15, 0.2) is 84.0 Å². The second kappa shape index (κ2) is 8.62. The molecule has 6 rings (SSSR count). The molecule has 3 aromatic carbocycles. The van der Waals surface area contributed by atoms with Gasteiger partial charge in [0.2, 0.25) is 0 Å². The first-order valence-corrected chi connectivity index (χ1v) is 13.2. The first-order chi connectivity index (χ1) is 17.0. The maximum Gasteiger partial charge on any atom is 0.268 e. The summed E-state index contributed by atoms with van der Waals surface area (Å²) >= 11 is 0. The van der Waals surface area contributed by atoms with Crippen molar-refractivity contribution in [1.29, 1.82) is 0 Å². The summed E-state index contributed by atoms with van der Waals surface area (Å²) in [6.45, 7) is 2.98. The van der Waals surface area contributed by atoms with Gasteiger partial charge in [-0.2, -0.15) is 5.10 Å². The molecule has 0 atom stereocenters. The lowest BCUT2D eigenvalue weighted by molar-refractivity contribution is 0.322. The maximum absolute atomic E-state index is 14.2. The van der Waals surface area contributed by atoms with Crippen LogP contribution in [-0.4, -0.2) is 35.3 Å². The lowest BCUT2D eigenvalue weighted by Crippen LogP contribution is -2.29. The lowest BCUT2D eigenvalue weighted by atomic mass is 9.98. The SMILES string of the molecule is O=S(=O)(c1ccccc1)n1cc(-c2ccc3cn(CC4CCNCC4)nc3c2)c2ccc(F)cc21. The van der Waals surface area contributed by atoms with Gasteiger partial charge in [0, 0.05) is 35.3 Å². The molecular weight excluding hydrogens is 463 g/mol. The van der Waals surface area contributed by atoms with Crippen LogP contribution >= 0.6 is 0 Å². The molecule has 5 aromatic rings. The van der Waals surface area contributed by atoms with Gasteiger partial charge in [0.25, 0.3) is 10.0 Å². The highest BCUT2D eigenvalue weighted by Crippen LogP contribution is 2.35. The molecular formula is C27H25FN4O2S. The number of nitrogens with zero attached hydrogens (tertiary/aromatic N) is 3. The van der Waals surface area contributed by atoms with Gasteiger partial charge in [-0.05, 0) is 73.8 Å². The van der Waals surface area contributed by atoms with Crippen LogP contribution in [0.4, 0.5) is 4.39 Å². The van der Waals surface area contributed by atoms with Crippen LogP contribution in [-0.2, 0) is 16.6 Å². The lowest BCUT2D eigenvalue weighted by Gasteiger charge is -2.22. The topological polar surface area (TPSA) is 68.9 Å². The Labute approximate surface area is 203 Å². The molecule has 1 fully saturated rings. The first-order valence-electron chi connectivity index (χ1n) is 11.8. The number of nitrogens with one attached hydrogen (secondary N) is 1. The largest absolute Gasteiger partial charge is 0.317 e. The molecule has 0 radical (unpaired) electrons. The van der Waals surface area contributed by atoms with E-state index in [4.69, 9.17) is 5.10 Å². The average Bonchev–Trinajstić information content (AvgIpc) is 3.45. The second-order valence-electron chi connectivity index (χ2n) is 9.14. The normalized spacial score (nSPS) is 15.2. The number of rotatable bonds is 5. The van der Waals surface area contributed by atoms with Crippen molar-refractivity contribution in [2.45, 2.75) is 24.3 Å². The van der Waals surface area contributed by atoms with Crippen molar-refractivity contribution >= 4 is 31.8 Å². The van der Waals surface area contributed by atoms with Gasteiger partial charge in [0.05, 0.1) is 15.9 Å². The Bertz CT molecular complexity index is 1630. The third-order valence-electron chi connectivity index (χ3n) is 6.80. The number of piperidine rings is 1. The summed E-state index contributed by atoms with van der Waals surface area (Å²) in [5.74, 6) is 0.125. The van der Waals surface area contributed by atoms with E-state index in [1.54, 1.807) is 42.6 Å². The van der Waals surface area contributed by atoms with E-state index in [-0.39, 0.29) is 4.90 Å². The van der Waals surface area contributed by atoms with E-state index in [1.807, 2.05) is 22.9 Å². The quantitative estimate of drug-likeness (QED) is 0.377. The molecule has 0 bridgehead atoms. The van der Waals surface area contributed by atoms with Crippen molar-refractivity contribution in [3.8, 4) is 11.1 Å². The van der Waals surface area contributed by atoms with Crippen LogP contribution in [0.3, 0.4) is 0 Å². The van der Waals surface area contributed by atoms with Crippen molar-refractivity contribution in [3.63, 3.8) is 0 Å². The van der Waals surface area contributed by atoms with E-state index >= 15 is 0 Å². The molecule has 1 aliphatic rings. The minimum Gasteiger partial charge on any atom is -0.317 e. The van der Waals surface area contributed by atoms with Crippen molar-refractivity contribution in [1.82, 2.24) is 19.1 Å². The van der Waals surface area contributed by atoms with Crippen molar-refractivity contribution < 1.29 is 12.8 Å². The Morgan fingerprint density at radius 1 is 0.971 bits per heavy atom. The highest BCUT2D eigenvalue weighted by atomic mass is 32.2. The van der Waals surface area contributed by atoms with Gasteiger partial charge in [-0.1, -0.05) is 30.3 Å². The van der Waals surface area contributed by atoms with Gasteiger partial charge in [-0.25, -0.2) is 16.8 Å². The number of hydrogen-bond donors (Lipinski definition) is 1. The monoisotopic (exact) mass is 488 g/mol. The number of halogens is 1. The Morgan fingerprint density at radius 3 is 2.57 bits per heavy atom. The average molecular weight is 489 g/mol. The van der Waals surface area contributed by atoms with E-state index in [0.29, 0.717) is 22.4 Å². The Balaban J connectivity index is 1.44. The Morgan fingerprint density at radius 2 is 1.77 bits per heavy atom. The standard InChI is InChI=1S/C27H25FN4O2S/c28-22-8-9-24-25(18-32(27(24)15-22)35(33,34)23-4-2-1-3-5-23)20-6-7-21-17-31(30-26(21)14-20)16-19-10-12-29-13-11-19/h1-9,14-15,17-19,29H,10-13,16H2. The van der Waals surface area contributed by atoms with E-state index in [9.17, 15) is 12.8 Å². The van der Waals surface area contributed by atoms with Crippen LogP contribution < -0.4 is 5.32 Å². The molecule has 8 heteroatoms. The molecule has 0 aliphatic carbocycles. The minimum absolute atomic E-state index is 0.153. The van der Waals surface area contributed by atoms with Gasteiger partial charge >= 0.3 is 0 Å². The number of benzene rings is 3. The van der Waals surface area contributed by atoms with Crippen molar-refractivity contribution in [2.75, 3.05) is 13.1 Å². The van der Waals surface area contributed by atoms with Gasteiger partial charge in [-0.3, -0.25) is 4.68 Å². The summed E-state index contributed by atoms with van der Waals surface area (Å²) in [5, 5.41) is 9.90.